The maximum Gasteiger partial charge on any atom is 0.240 e. The summed E-state index contributed by atoms with van der Waals surface area (Å²) in [5.41, 5.74) is 7.24. The zero-order valence-corrected chi connectivity index (χ0v) is 34.8. The Morgan fingerprint density at radius 1 is 0.982 bits per heavy atom. The number of fused-ring (bicyclic) bond motifs is 1. The number of hydrogen-bond donors (Lipinski definition) is 3. The van der Waals surface area contributed by atoms with Gasteiger partial charge in [0.1, 0.15) is 6.04 Å². The highest BCUT2D eigenvalue weighted by molar-refractivity contribution is 7.98. The van der Waals surface area contributed by atoms with Crippen molar-refractivity contribution >= 4 is 46.6 Å². The van der Waals surface area contributed by atoms with Gasteiger partial charge in [-0.25, -0.2) is 0 Å². The number of aromatic nitrogens is 1. The zero-order valence-electron chi connectivity index (χ0n) is 34.0. The maximum atomic E-state index is 12.2. The summed E-state index contributed by atoms with van der Waals surface area (Å²) in [6, 6.07) is 7.15. The molecule has 4 fully saturated rings. The van der Waals surface area contributed by atoms with Gasteiger partial charge in [0.25, 0.3) is 0 Å². The topological polar surface area (TPSA) is 144 Å². The molecule has 2 atom stereocenters. The molecule has 1 aliphatic heterocycles. The van der Waals surface area contributed by atoms with Gasteiger partial charge in [-0.15, -0.1) is 6.58 Å². The van der Waals surface area contributed by atoms with Crippen LogP contribution in [0.4, 0.5) is 0 Å². The van der Waals surface area contributed by atoms with Crippen LogP contribution >= 0.6 is 11.9 Å². The number of likely N-dealkylation sites (tertiary alicyclic amines) is 1. The number of carbonyl (C=O) groups is 3. The molecule has 306 valence electrons. The third-order valence-electron chi connectivity index (χ3n) is 10.5. The van der Waals surface area contributed by atoms with E-state index in [0.29, 0.717) is 48.4 Å². The summed E-state index contributed by atoms with van der Waals surface area (Å²) in [7, 11) is 3.25. The Balaban J connectivity index is 0.000000224. The number of nitrogens with one attached hydrogen (secondary N) is 2. The number of allylic oxidation sites excluding steroid dienone is 2. The number of ether oxygens (including phenoxy) is 2. The van der Waals surface area contributed by atoms with Gasteiger partial charge in [-0.2, -0.15) is 0 Å². The van der Waals surface area contributed by atoms with E-state index in [1.54, 1.807) is 37.1 Å². The van der Waals surface area contributed by atoms with E-state index in [0.717, 1.165) is 36.3 Å². The molecule has 3 saturated carbocycles. The van der Waals surface area contributed by atoms with Crippen LogP contribution in [0.5, 0.6) is 5.88 Å². The molecule has 0 bridgehead atoms. The maximum absolute atomic E-state index is 12.2. The summed E-state index contributed by atoms with van der Waals surface area (Å²) < 4.78 is 12.5. The van der Waals surface area contributed by atoms with Crippen LogP contribution < -0.4 is 20.6 Å². The van der Waals surface area contributed by atoms with E-state index in [1.807, 2.05) is 32.0 Å². The van der Waals surface area contributed by atoms with Crippen molar-refractivity contribution in [2.75, 3.05) is 27.4 Å². The second-order valence-electron chi connectivity index (χ2n) is 15.4. The van der Waals surface area contributed by atoms with Gasteiger partial charge in [-0.1, -0.05) is 82.6 Å². The Bertz CT molecular complexity index is 1560. The molecule has 1 unspecified atom stereocenters. The number of rotatable bonds is 13. The lowest BCUT2D eigenvalue weighted by atomic mass is 9.86. The number of nitrogens with zero attached hydrogens (tertiary/aromatic N) is 1. The largest absolute Gasteiger partial charge is 0.479 e. The minimum Gasteiger partial charge on any atom is -0.479 e. The second-order valence-corrected chi connectivity index (χ2v) is 16.5. The van der Waals surface area contributed by atoms with Crippen LogP contribution in [0.3, 0.4) is 0 Å². The fourth-order valence-corrected chi connectivity index (χ4v) is 8.02. The third kappa shape index (κ3) is 17.4. The molecule has 3 amide bonds. The molecule has 6 rings (SSSR count). The number of nitrogens with two attached hydrogens (primary N) is 1. The predicted octanol–water partition coefficient (Wildman–Crippen LogP) is 8.73. The third-order valence-corrected chi connectivity index (χ3v) is 11.6. The first-order valence-electron chi connectivity index (χ1n) is 20.6. The summed E-state index contributed by atoms with van der Waals surface area (Å²) in [6.45, 7) is 8.79. The Labute approximate surface area is 334 Å². The van der Waals surface area contributed by atoms with Gasteiger partial charge in [0, 0.05) is 50.3 Å². The van der Waals surface area contributed by atoms with E-state index >= 15 is 0 Å². The number of primary amides is 1. The van der Waals surface area contributed by atoms with Crippen molar-refractivity contribution in [2.45, 2.75) is 134 Å². The minimum absolute atomic E-state index is 0.00438. The Hall–Kier alpha value is -3.57. The van der Waals surface area contributed by atoms with E-state index < -0.39 is 0 Å². The van der Waals surface area contributed by atoms with Gasteiger partial charge in [0.2, 0.25) is 17.7 Å². The van der Waals surface area contributed by atoms with E-state index in [2.05, 4.69) is 33.2 Å². The number of hydrogen-bond acceptors (Lipinski definition) is 7. The smallest absolute Gasteiger partial charge is 0.240 e. The van der Waals surface area contributed by atoms with Crippen LogP contribution in [0.2, 0.25) is 0 Å². The molecule has 4 N–H and O–H groups in total. The number of amides is 3. The predicted molar refractivity (Wildman–Crippen MR) is 227 cm³/mol. The highest BCUT2D eigenvalue weighted by Gasteiger charge is 2.33. The highest BCUT2D eigenvalue weighted by Crippen LogP contribution is 2.32. The van der Waals surface area contributed by atoms with Gasteiger partial charge < -0.3 is 25.1 Å². The average molecular weight is 781 g/mol. The number of H-pyrrole nitrogens is 1. The molecular weight excluding hydrogens is 713 g/mol. The average Bonchev–Trinajstić information content (AvgIpc) is 3.88. The lowest BCUT2D eigenvalue weighted by Gasteiger charge is -2.26. The summed E-state index contributed by atoms with van der Waals surface area (Å²) in [4.78, 5) is 51.6. The molecule has 10 nitrogen and oxygen atoms in total. The molecule has 3 aliphatic carbocycles. The monoisotopic (exact) mass is 780 g/mol. The van der Waals surface area contributed by atoms with Crippen molar-refractivity contribution in [1.29, 1.82) is 0 Å². The number of pyridine rings is 1. The van der Waals surface area contributed by atoms with Crippen LogP contribution in [-0.2, 0) is 19.1 Å². The number of benzene rings is 1. The number of methoxy groups -OCH3 is 1. The van der Waals surface area contributed by atoms with Gasteiger partial charge in [0.05, 0.1) is 12.1 Å². The highest BCUT2D eigenvalue weighted by atomic mass is 32.2. The zero-order chi connectivity index (χ0) is 40.0. The molecule has 1 saturated heterocycles. The van der Waals surface area contributed by atoms with Gasteiger partial charge in [-0.05, 0) is 99.3 Å². The van der Waals surface area contributed by atoms with Crippen molar-refractivity contribution in [3.8, 4) is 5.88 Å². The fraction of sp³-hybridized carbons (Fsp3) is 0.636. The van der Waals surface area contributed by atoms with Gasteiger partial charge in [-0.3, -0.25) is 23.9 Å². The molecule has 2 aromatic rings. The van der Waals surface area contributed by atoms with Crippen molar-refractivity contribution in [1.82, 2.24) is 14.6 Å². The lowest BCUT2D eigenvalue weighted by Crippen LogP contribution is -2.44. The van der Waals surface area contributed by atoms with E-state index in [1.165, 1.54) is 83.1 Å². The van der Waals surface area contributed by atoms with Crippen LogP contribution in [-0.4, -0.2) is 66.3 Å². The van der Waals surface area contributed by atoms with E-state index in [9.17, 15) is 19.2 Å². The standard InChI is InChI=1S/C20H25NO2.C13H22N2O2.C9H15NOS.C2H6O/c1-2-23-20-14-19(22)17-13-16(11-12-18(17)21-20)10-6-9-15-7-4-3-5-8-15;14-13(17)11-7-4-8-15(11)12(16)9-10-5-2-1-3-6-10;1-3-7(2)6-9(11)10-12-8-4-5-8;1-3-2/h6,10-15H,2-5,7-9H2,1H3,(H,21,22);10-11H,1-9H2,(H2,14,17);3,7-8H,1,4-6H2,2H3,(H,10,11);1-2H3/b10-6+;;;/t;;7-;/m..0./s1. The molecule has 55 heavy (non-hydrogen) atoms. The quantitative estimate of drug-likeness (QED) is 0.136. The summed E-state index contributed by atoms with van der Waals surface area (Å²) in [5.74, 6) is 2.11. The fourth-order valence-electron chi connectivity index (χ4n) is 7.27. The van der Waals surface area contributed by atoms with Crippen molar-refractivity contribution in [3.63, 3.8) is 0 Å². The van der Waals surface area contributed by atoms with Gasteiger partial charge >= 0.3 is 0 Å². The molecule has 0 radical (unpaired) electrons. The van der Waals surface area contributed by atoms with E-state index in [4.69, 9.17) is 10.5 Å². The molecular formula is C44H68N4O6S. The first kappa shape index (κ1) is 45.8. The summed E-state index contributed by atoms with van der Waals surface area (Å²) >= 11 is 1.57. The summed E-state index contributed by atoms with van der Waals surface area (Å²) in [6.07, 6.45) is 25.7. The van der Waals surface area contributed by atoms with Crippen molar-refractivity contribution in [3.05, 3.63) is 58.8 Å². The SMILES string of the molecule is C=C[C@H](C)CC(=O)NSC1CC1.CCOc1cc(=O)c2cc(/C=C/CC3CCCCC3)ccc2[nH]1.COC.NC(=O)C1CCCN1C(=O)CC1CCCCC1. The molecule has 1 aromatic carbocycles. The summed E-state index contributed by atoms with van der Waals surface area (Å²) in [5, 5.41) is 1.40. The van der Waals surface area contributed by atoms with Crippen LogP contribution in [0.15, 0.2) is 47.8 Å². The Morgan fingerprint density at radius 2 is 1.64 bits per heavy atom. The Morgan fingerprint density at radius 3 is 2.24 bits per heavy atom. The van der Waals surface area contributed by atoms with Crippen LogP contribution in [0.1, 0.15) is 129 Å². The molecule has 0 spiro atoms. The van der Waals surface area contributed by atoms with Crippen molar-refractivity contribution < 1.29 is 23.9 Å². The molecule has 2 heterocycles. The van der Waals surface area contributed by atoms with Crippen LogP contribution in [0.25, 0.3) is 17.0 Å². The Kier molecular flexibility index (Phi) is 21.3. The first-order chi connectivity index (χ1) is 26.6. The molecule has 4 aliphatic rings. The first-order valence-corrected chi connectivity index (χ1v) is 21.5. The molecule has 11 heteroatoms. The normalized spacial score (nSPS) is 19.2. The van der Waals surface area contributed by atoms with Crippen molar-refractivity contribution in [2.24, 2.45) is 23.5 Å². The van der Waals surface area contributed by atoms with Crippen LogP contribution in [0, 0.1) is 17.8 Å². The minimum atomic E-state index is -0.348. The van der Waals surface area contributed by atoms with E-state index in [-0.39, 0.29) is 35.1 Å². The second kappa shape index (κ2) is 25.6. The number of aromatic amines is 1. The van der Waals surface area contributed by atoms with Gasteiger partial charge in [0.15, 0.2) is 11.3 Å². The molecule has 1 aromatic heterocycles. The number of carbonyl (C=O) groups excluding carboxylic acids is 3. The lowest BCUT2D eigenvalue weighted by molar-refractivity contribution is -0.138.